The standard InChI is InChI=1S/C43H23N5O.C41H27N5O.C37H19N5O.3Pt/c1-3-9-26(10-4-1)30-20-22-45-43-39(30)35-14-7-13-33-32-19-17-29(24-38(32)48(43)40(33)35)49-28-16-18-31-34-15-8-21-44-41(34)47-25-37(27-11-5-2-6-12-27)46-42(47)36(31)23-28;1-41(2,3)33-18-20-43-40-36(33)31-12-7-11-29-28-17-15-26(22-35(28)46(40)37(29)31)47-25-14-16-27-30-13-8-19-42-38(30)45-23-34(24-9-5-4-6-10-24)44-39(45)32(27)21-25;1-2-7-22(8-3-1)32-21-41-35-29(11-5-17-38-35)25-15-13-23(19-31(25)37(41)40-32)43-24-14-16-26-27-9-4-10-28-30-12-6-18-39-36(30)42(34(27)28)33(26)20-24;;;/h1-22,25H;4-20,23H,1-3H3;1-18,21H;;;/q3*-2;3*+2. The molecule has 18 nitrogen and oxygen atoms in total. The van der Waals surface area contributed by atoms with Crippen LogP contribution in [0.1, 0.15) is 26.3 Å². The molecule has 31 rings (SSSR count). The number of hydrogen-bond donors (Lipinski definition) is 0. The summed E-state index contributed by atoms with van der Waals surface area (Å²) in [5, 5.41) is 22.7. The van der Waals surface area contributed by atoms with E-state index in [9.17, 15) is 0 Å². The molecule has 0 aliphatic heterocycles. The Bertz CT molecular complexity index is 10500. The second-order valence-electron chi connectivity index (χ2n) is 36.3. The molecule has 0 aliphatic rings. The van der Waals surface area contributed by atoms with E-state index >= 15 is 0 Å². The summed E-state index contributed by atoms with van der Waals surface area (Å²) >= 11 is 0. The first-order chi connectivity index (χ1) is 68.5. The van der Waals surface area contributed by atoms with Gasteiger partial charge in [-0.25, -0.2) is 29.9 Å². The SMILES string of the molecule is CC(C)(C)c1ccnc2c1c1cccc3c4ccc(Oc5[c-]c6c(cc5)c5cccnc5n5cc(-c7ccccc7)nc65)[c-]c4n2c31.[Pt+2].[Pt+2].[Pt+2].[c-]1c(Oc2[c-]c3c(cc2)c2cccc4c5c(-c6ccccc6)ccnc5n3c24)ccc2c1c1nc(-c3ccccc3)cn1c1ncccc21.[c-]1c(Oc2[c-]c3c(cc2)c2cccc4c5cccnc5n3c24)ccc2c1c1nc(-c3ccccc3)cn1c1ncccc21. The molecular formula is C121H69N15O3Pt3. The van der Waals surface area contributed by atoms with Crippen LogP contribution in [0.2, 0.25) is 0 Å². The van der Waals surface area contributed by atoms with Gasteiger partial charge in [0.05, 0.1) is 34.0 Å². The molecule has 0 radical (unpaired) electrons. The average molecular weight is 2370 g/mol. The minimum Gasteiger partial charge on any atom is -0.503 e. The summed E-state index contributed by atoms with van der Waals surface area (Å²) in [5.41, 5.74) is 23.3. The summed E-state index contributed by atoms with van der Waals surface area (Å²) in [4.78, 5) is 43.9. The van der Waals surface area contributed by atoms with Crippen molar-refractivity contribution in [1.29, 1.82) is 0 Å². The Labute approximate surface area is 851 Å². The molecule has 0 saturated heterocycles. The van der Waals surface area contributed by atoms with E-state index < -0.39 is 0 Å². The minimum atomic E-state index is -0.0254. The van der Waals surface area contributed by atoms with Gasteiger partial charge in [-0.1, -0.05) is 282 Å². The molecule has 0 spiro atoms. The van der Waals surface area contributed by atoms with Gasteiger partial charge < -0.3 is 40.6 Å². The van der Waals surface area contributed by atoms with E-state index in [1.54, 1.807) is 0 Å². The summed E-state index contributed by atoms with van der Waals surface area (Å²) in [6.45, 7) is 6.77. The number of pyridine rings is 9. The minimum absolute atomic E-state index is 0. The third-order valence-corrected chi connectivity index (χ3v) is 27.3. The first-order valence-electron chi connectivity index (χ1n) is 46.1. The number of hydrogen-bond acceptors (Lipinski definition) is 12. The molecule has 31 aromatic rings. The first kappa shape index (κ1) is 85.7. The van der Waals surface area contributed by atoms with E-state index in [0.717, 1.165) is 193 Å². The largest absolute Gasteiger partial charge is 2.00 e. The van der Waals surface area contributed by atoms with Crippen LogP contribution < -0.4 is 14.2 Å². The number of para-hydroxylation sites is 3. The molecule has 18 heterocycles. The first-order valence-corrected chi connectivity index (χ1v) is 46.1. The van der Waals surface area contributed by atoms with Crippen molar-refractivity contribution in [3.63, 3.8) is 0 Å². The zero-order valence-electron chi connectivity index (χ0n) is 75.5. The normalized spacial score (nSPS) is 12.0. The van der Waals surface area contributed by atoms with Crippen molar-refractivity contribution in [2.75, 3.05) is 0 Å². The molecule has 18 aromatic heterocycles. The molecule has 0 unspecified atom stereocenters. The fourth-order valence-electron chi connectivity index (χ4n) is 21.3. The molecule has 0 bridgehead atoms. The van der Waals surface area contributed by atoms with Gasteiger partial charge in [0.2, 0.25) is 0 Å². The summed E-state index contributed by atoms with van der Waals surface area (Å²) in [6.07, 6.45) is 17.3. The van der Waals surface area contributed by atoms with E-state index in [4.69, 9.17) is 59.1 Å². The maximum atomic E-state index is 6.54. The Morgan fingerprint density at radius 2 is 0.514 bits per heavy atom. The van der Waals surface area contributed by atoms with E-state index in [0.29, 0.717) is 34.5 Å². The Balaban J connectivity index is 0.000000108. The maximum absolute atomic E-state index is 6.54. The molecular weight excluding hydrogens is 2300 g/mol. The number of rotatable bonds is 10. The number of ether oxygens (including phenoxy) is 3. The van der Waals surface area contributed by atoms with Crippen LogP contribution in [-0.2, 0) is 68.6 Å². The van der Waals surface area contributed by atoms with Crippen molar-refractivity contribution in [2.45, 2.75) is 26.2 Å². The summed E-state index contributed by atoms with van der Waals surface area (Å²) in [5.74, 6) is 3.59. The van der Waals surface area contributed by atoms with Crippen LogP contribution in [-0.4, -0.2) is 71.3 Å². The van der Waals surface area contributed by atoms with Gasteiger partial charge in [0.25, 0.3) is 0 Å². The van der Waals surface area contributed by atoms with Crippen molar-refractivity contribution >= 4 is 197 Å². The van der Waals surface area contributed by atoms with Crippen LogP contribution in [0.15, 0.2) is 365 Å². The van der Waals surface area contributed by atoms with Crippen LogP contribution in [0, 0.1) is 36.4 Å². The summed E-state index contributed by atoms with van der Waals surface area (Å²) < 4.78 is 32.4. The summed E-state index contributed by atoms with van der Waals surface area (Å²) in [6, 6.07) is 127. The van der Waals surface area contributed by atoms with Crippen molar-refractivity contribution in [1.82, 2.24) is 71.3 Å². The van der Waals surface area contributed by atoms with Gasteiger partial charge in [0.15, 0.2) is 0 Å². The third kappa shape index (κ3) is 13.2. The average Bonchev–Trinajstić information content (AvgIpc) is 1.53. The van der Waals surface area contributed by atoms with Crippen molar-refractivity contribution in [3.8, 4) is 79.4 Å². The second-order valence-corrected chi connectivity index (χ2v) is 36.3. The maximum Gasteiger partial charge on any atom is 2.00 e. The van der Waals surface area contributed by atoms with Crippen LogP contribution in [0.3, 0.4) is 0 Å². The molecule has 0 saturated carbocycles. The molecule has 0 N–H and O–H groups in total. The molecule has 0 amide bonds. The second kappa shape index (κ2) is 33.3. The van der Waals surface area contributed by atoms with Gasteiger partial charge in [0.1, 0.15) is 33.9 Å². The Hall–Kier alpha value is -16.7. The van der Waals surface area contributed by atoms with Crippen LogP contribution >= 0.6 is 0 Å². The van der Waals surface area contributed by atoms with E-state index in [2.05, 4.69) is 272 Å². The van der Waals surface area contributed by atoms with Crippen molar-refractivity contribution < 1.29 is 77.4 Å². The predicted molar refractivity (Wildman–Crippen MR) is 554 cm³/mol. The molecule has 0 aliphatic carbocycles. The Morgan fingerprint density at radius 3 is 0.894 bits per heavy atom. The van der Waals surface area contributed by atoms with Gasteiger partial charge in [0, 0.05) is 156 Å². The van der Waals surface area contributed by atoms with Crippen LogP contribution in [0.4, 0.5) is 0 Å². The van der Waals surface area contributed by atoms with E-state index in [1.807, 2.05) is 177 Å². The number of nitrogens with zero attached hydrogens (tertiary/aromatic N) is 15. The predicted octanol–water partition coefficient (Wildman–Crippen LogP) is 28.9. The van der Waals surface area contributed by atoms with Gasteiger partial charge in [-0.15, -0.1) is 89.0 Å². The zero-order chi connectivity index (χ0) is 91.6. The smallest absolute Gasteiger partial charge is 0.503 e. The Morgan fingerprint density at radius 1 is 0.225 bits per heavy atom. The fraction of sp³-hybridized carbons (Fsp3) is 0.0331. The van der Waals surface area contributed by atoms with Crippen molar-refractivity contribution in [2.24, 2.45) is 0 Å². The van der Waals surface area contributed by atoms with Gasteiger partial charge in [-0.05, 0) is 96.9 Å². The third-order valence-electron chi connectivity index (χ3n) is 27.3. The molecule has 21 heteroatoms. The van der Waals surface area contributed by atoms with Gasteiger partial charge in [-0.2, -0.15) is 18.2 Å². The van der Waals surface area contributed by atoms with Crippen LogP contribution in [0.25, 0.3) is 242 Å². The van der Waals surface area contributed by atoms with Gasteiger partial charge in [-0.3, -0.25) is 15.0 Å². The summed E-state index contributed by atoms with van der Waals surface area (Å²) in [7, 11) is 0. The fourth-order valence-corrected chi connectivity index (χ4v) is 21.3. The number of imidazole rings is 3. The molecule has 0 atom stereocenters. The number of aromatic nitrogens is 15. The molecule has 142 heavy (non-hydrogen) atoms. The number of benzene rings is 13. The Kier molecular flexibility index (Phi) is 20.1. The van der Waals surface area contributed by atoms with Crippen LogP contribution in [0.5, 0.6) is 34.5 Å². The van der Waals surface area contributed by atoms with E-state index in [-0.39, 0.29) is 68.6 Å². The number of fused-ring (bicyclic) bond motifs is 36. The molecule has 13 aromatic carbocycles. The zero-order valence-corrected chi connectivity index (χ0v) is 82.3. The van der Waals surface area contributed by atoms with Crippen molar-refractivity contribution in [3.05, 3.63) is 407 Å². The quantitative estimate of drug-likeness (QED) is 0.0939. The monoisotopic (exact) mass is 2360 g/mol. The van der Waals surface area contributed by atoms with E-state index in [1.165, 1.54) is 54.3 Å². The molecule has 676 valence electrons. The topological polar surface area (TPSA) is 170 Å². The van der Waals surface area contributed by atoms with Gasteiger partial charge >= 0.3 is 63.2 Å². The molecule has 0 fully saturated rings.